The van der Waals surface area contributed by atoms with Crippen molar-refractivity contribution >= 4 is 17.3 Å². The Hall–Kier alpha value is -2.83. The van der Waals surface area contributed by atoms with E-state index >= 15 is 0 Å². The Morgan fingerprint density at radius 2 is 1.96 bits per heavy atom. The Labute approximate surface area is 157 Å². The molecule has 27 heavy (non-hydrogen) atoms. The summed E-state index contributed by atoms with van der Waals surface area (Å²) >= 11 is 0. The Balaban J connectivity index is 1.53. The van der Waals surface area contributed by atoms with Gasteiger partial charge in [-0.05, 0) is 36.6 Å². The topological polar surface area (TPSA) is 67.6 Å². The van der Waals surface area contributed by atoms with Crippen LogP contribution in [0.15, 0.2) is 48.5 Å². The third-order valence-electron chi connectivity index (χ3n) is 4.65. The molecule has 1 unspecified atom stereocenters. The molecule has 0 spiro atoms. The summed E-state index contributed by atoms with van der Waals surface area (Å²) in [5.41, 5.74) is 8.16. The second-order valence-corrected chi connectivity index (χ2v) is 6.54. The van der Waals surface area contributed by atoms with Crippen LogP contribution in [0.2, 0.25) is 0 Å². The van der Waals surface area contributed by atoms with Crippen molar-refractivity contribution in [3.8, 4) is 5.75 Å². The standard InChI is InChI=1S/C20H23F2N3O2/c21-20(22)27-18-8-4-3-7-17(18)25-12-11-15(13-25)24-19(26)10-9-14-5-1-2-6-16(14)23/h1-8,15,20H,9-13,23H2,(H,24,26). The number of nitrogen functional groups attached to an aromatic ring is 1. The van der Waals surface area contributed by atoms with Gasteiger partial charge in [-0.15, -0.1) is 0 Å². The highest BCUT2D eigenvalue weighted by Gasteiger charge is 2.26. The lowest BCUT2D eigenvalue weighted by Gasteiger charge is -2.22. The Morgan fingerprint density at radius 1 is 1.22 bits per heavy atom. The van der Waals surface area contributed by atoms with E-state index in [1.54, 1.807) is 18.2 Å². The molecule has 1 atom stereocenters. The highest BCUT2D eigenvalue weighted by molar-refractivity contribution is 5.77. The molecule has 0 bridgehead atoms. The first-order valence-electron chi connectivity index (χ1n) is 8.94. The molecule has 1 heterocycles. The lowest BCUT2D eigenvalue weighted by Crippen LogP contribution is -2.37. The molecule has 7 heteroatoms. The minimum absolute atomic E-state index is 0.0229. The maximum absolute atomic E-state index is 12.6. The van der Waals surface area contributed by atoms with Gasteiger partial charge in [-0.3, -0.25) is 4.79 Å². The van der Waals surface area contributed by atoms with Crippen molar-refractivity contribution < 1.29 is 18.3 Å². The molecule has 5 nitrogen and oxygen atoms in total. The second kappa shape index (κ2) is 8.70. The molecule has 1 aliphatic rings. The van der Waals surface area contributed by atoms with Crippen molar-refractivity contribution in [1.82, 2.24) is 5.32 Å². The van der Waals surface area contributed by atoms with Crippen molar-refractivity contribution in [2.24, 2.45) is 0 Å². The van der Waals surface area contributed by atoms with Crippen molar-refractivity contribution in [3.63, 3.8) is 0 Å². The number of alkyl halides is 2. The van der Waals surface area contributed by atoms with Gasteiger partial charge in [0.2, 0.25) is 5.91 Å². The molecule has 2 aromatic rings. The molecule has 0 aliphatic carbocycles. The number of nitrogens with two attached hydrogens (primary N) is 1. The number of halogens is 2. The average molecular weight is 375 g/mol. The van der Waals surface area contributed by atoms with Crippen LogP contribution in [0.1, 0.15) is 18.4 Å². The number of carbonyl (C=O) groups is 1. The maximum atomic E-state index is 12.6. The number of hydrogen-bond donors (Lipinski definition) is 2. The lowest BCUT2D eigenvalue weighted by atomic mass is 10.1. The minimum Gasteiger partial charge on any atom is -0.433 e. The molecule has 1 amide bonds. The Kier molecular flexibility index (Phi) is 6.11. The third kappa shape index (κ3) is 5.09. The van der Waals surface area contributed by atoms with Crippen LogP contribution < -0.4 is 20.7 Å². The van der Waals surface area contributed by atoms with Gasteiger partial charge in [0.15, 0.2) is 0 Å². The van der Waals surface area contributed by atoms with Crippen molar-refractivity contribution in [3.05, 3.63) is 54.1 Å². The first kappa shape index (κ1) is 18.9. The van der Waals surface area contributed by atoms with E-state index in [0.29, 0.717) is 37.3 Å². The number of aryl methyl sites for hydroxylation is 1. The number of anilines is 2. The largest absolute Gasteiger partial charge is 0.433 e. The highest BCUT2D eigenvalue weighted by atomic mass is 19.3. The number of amides is 1. The summed E-state index contributed by atoms with van der Waals surface area (Å²) in [6.45, 7) is -1.64. The van der Waals surface area contributed by atoms with E-state index in [2.05, 4.69) is 10.1 Å². The number of hydrogen-bond acceptors (Lipinski definition) is 4. The van der Waals surface area contributed by atoms with Crippen molar-refractivity contribution in [1.29, 1.82) is 0 Å². The number of ether oxygens (including phenoxy) is 1. The van der Waals surface area contributed by atoms with Gasteiger partial charge in [-0.1, -0.05) is 30.3 Å². The fourth-order valence-electron chi connectivity index (χ4n) is 3.32. The zero-order chi connectivity index (χ0) is 19.2. The van der Waals surface area contributed by atoms with Gasteiger partial charge < -0.3 is 20.7 Å². The zero-order valence-electron chi connectivity index (χ0n) is 14.9. The highest BCUT2D eigenvalue weighted by Crippen LogP contribution is 2.31. The molecule has 1 saturated heterocycles. The molecule has 0 radical (unpaired) electrons. The monoisotopic (exact) mass is 375 g/mol. The van der Waals surface area contributed by atoms with E-state index in [1.165, 1.54) is 6.07 Å². The Morgan fingerprint density at radius 3 is 2.74 bits per heavy atom. The number of benzene rings is 2. The van der Waals surface area contributed by atoms with E-state index in [9.17, 15) is 13.6 Å². The normalized spacial score (nSPS) is 16.6. The van der Waals surface area contributed by atoms with Crippen LogP contribution in [-0.2, 0) is 11.2 Å². The molecule has 0 aromatic heterocycles. The summed E-state index contributed by atoms with van der Waals surface area (Å²) in [4.78, 5) is 14.2. The SMILES string of the molecule is Nc1ccccc1CCC(=O)NC1CCN(c2ccccc2OC(F)F)C1. The first-order chi connectivity index (χ1) is 13.0. The molecule has 1 fully saturated rings. The molecular weight excluding hydrogens is 352 g/mol. The average Bonchev–Trinajstić information content (AvgIpc) is 3.09. The molecule has 2 aromatic carbocycles. The molecule has 3 N–H and O–H groups in total. The van der Waals surface area contributed by atoms with Crippen LogP contribution >= 0.6 is 0 Å². The predicted molar refractivity (Wildman–Crippen MR) is 101 cm³/mol. The second-order valence-electron chi connectivity index (χ2n) is 6.54. The summed E-state index contributed by atoms with van der Waals surface area (Å²) in [5, 5.41) is 3.02. The zero-order valence-corrected chi connectivity index (χ0v) is 14.9. The van der Waals surface area contributed by atoms with E-state index in [4.69, 9.17) is 5.73 Å². The van der Waals surface area contributed by atoms with Crippen molar-refractivity contribution in [2.75, 3.05) is 23.7 Å². The maximum Gasteiger partial charge on any atom is 0.387 e. The van der Waals surface area contributed by atoms with Crippen LogP contribution in [-0.4, -0.2) is 31.7 Å². The quantitative estimate of drug-likeness (QED) is 0.730. The molecular formula is C20H23F2N3O2. The fourth-order valence-corrected chi connectivity index (χ4v) is 3.32. The summed E-state index contributed by atoms with van der Waals surface area (Å²) in [6, 6.07) is 14.2. The van der Waals surface area contributed by atoms with Crippen LogP contribution in [0.5, 0.6) is 5.75 Å². The lowest BCUT2D eigenvalue weighted by molar-refractivity contribution is -0.121. The van der Waals surface area contributed by atoms with Gasteiger partial charge in [-0.25, -0.2) is 0 Å². The van der Waals surface area contributed by atoms with Gasteiger partial charge in [0.05, 0.1) is 5.69 Å². The van der Waals surface area contributed by atoms with Gasteiger partial charge in [0, 0.05) is 31.2 Å². The number of carbonyl (C=O) groups excluding carboxylic acids is 1. The number of nitrogens with zero attached hydrogens (tertiary/aromatic N) is 1. The van der Waals surface area contributed by atoms with Crippen LogP contribution in [0, 0.1) is 0 Å². The fraction of sp³-hybridized carbons (Fsp3) is 0.350. The van der Waals surface area contributed by atoms with Crippen LogP contribution in [0.25, 0.3) is 0 Å². The number of rotatable bonds is 7. The molecule has 144 valence electrons. The first-order valence-corrected chi connectivity index (χ1v) is 8.94. The smallest absolute Gasteiger partial charge is 0.387 e. The van der Waals surface area contributed by atoms with Gasteiger partial charge in [0.1, 0.15) is 5.75 Å². The van der Waals surface area contributed by atoms with Gasteiger partial charge in [-0.2, -0.15) is 8.78 Å². The third-order valence-corrected chi connectivity index (χ3v) is 4.65. The van der Waals surface area contributed by atoms with Gasteiger partial charge in [0.25, 0.3) is 0 Å². The van der Waals surface area contributed by atoms with Crippen LogP contribution in [0.4, 0.5) is 20.2 Å². The summed E-state index contributed by atoms with van der Waals surface area (Å²) in [6.07, 6.45) is 1.69. The summed E-state index contributed by atoms with van der Waals surface area (Å²) < 4.78 is 29.8. The molecule has 0 saturated carbocycles. The predicted octanol–water partition coefficient (Wildman–Crippen LogP) is 3.20. The van der Waals surface area contributed by atoms with E-state index in [0.717, 1.165) is 12.0 Å². The molecule has 1 aliphatic heterocycles. The minimum atomic E-state index is -2.87. The van der Waals surface area contributed by atoms with Gasteiger partial charge >= 0.3 is 6.61 Å². The van der Waals surface area contributed by atoms with E-state index in [1.807, 2.05) is 29.2 Å². The molecule has 3 rings (SSSR count). The Bertz CT molecular complexity index is 785. The van der Waals surface area contributed by atoms with Crippen molar-refractivity contribution in [2.45, 2.75) is 31.9 Å². The van der Waals surface area contributed by atoms with E-state index in [-0.39, 0.29) is 17.7 Å². The number of para-hydroxylation sites is 3. The summed E-state index contributed by atoms with van der Waals surface area (Å²) in [7, 11) is 0. The summed E-state index contributed by atoms with van der Waals surface area (Å²) in [5.74, 6) is 0.112. The number of nitrogens with one attached hydrogen (secondary N) is 1. The van der Waals surface area contributed by atoms with E-state index < -0.39 is 6.61 Å². The van der Waals surface area contributed by atoms with Crippen LogP contribution in [0.3, 0.4) is 0 Å².